The van der Waals surface area contributed by atoms with Crippen LogP contribution < -0.4 is 0 Å². The second kappa shape index (κ2) is 5.81. The standard InChI is InChI=1S/C12H15ClO4S2/c1-8-4-2-3-5-10(8)17-12(14)9-6-11(18-7-9)19(13,15)16/h6-8,10H,2-5H2,1H3. The highest BCUT2D eigenvalue weighted by Crippen LogP contribution is 2.28. The molecule has 2 unspecified atom stereocenters. The molecule has 0 amide bonds. The first-order valence-electron chi connectivity index (χ1n) is 6.12. The van der Waals surface area contributed by atoms with Gasteiger partial charge in [-0.3, -0.25) is 0 Å². The summed E-state index contributed by atoms with van der Waals surface area (Å²) in [6, 6.07) is 1.27. The highest BCUT2D eigenvalue weighted by molar-refractivity contribution is 8.15. The molecular formula is C12H15ClO4S2. The number of rotatable bonds is 3. The van der Waals surface area contributed by atoms with Gasteiger partial charge in [-0.15, -0.1) is 11.3 Å². The Morgan fingerprint density at radius 2 is 2.11 bits per heavy atom. The van der Waals surface area contributed by atoms with Gasteiger partial charge in [0.25, 0.3) is 9.05 Å². The lowest BCUT2D eigenvalue weighted by atomic mass is 9.88. The number of carbonyl (C=O) groups excluding carboxylic acids is 1. The Hall–Kier alpha value is -0.590. The molecule has 0 aliphatic heterocycles. The second-order valence-electron chi connectivity index (χ2n) is 4.80. The van der Waals surface area contributed by atoms with Crippen LogP contribution in [0.5, 0.6) is 0 Å². The Labute approximate surface area is 121 Å². The summed E-state index contributed by atoms with van der Waals surface area (Å²) in [6.45, 7) is 2.07. The van der Waals surface area contributed by atoms with Crippen LogP contribution in [0.25, 0.3) is 0 Å². The summed E-state index contributed by atoms with van der Waals surface area (Å²) in [4.78, 5) is 11.9. The molecule has 0 radical (unpaired) electrons. The lowest BCUT2D eigenvalue weighted by Gasteiger charge is -2.28. The first-order valence-corrected chi connectivity index (χ1v) is 9.31. The van der Waals surface area contributed by atoms with Crippen LogP contribution in [0.15, 0.2) is 15.7 Å². The monoisotopic (exact) mass is 322 g/mol. The summed E-state index contributed by atoms with van der Waals surface area (Å²) < 4.78 is 27.7. The third kappa shape index (κ3) is 3.70. The fourth-order valence-electron chi connectivity index (χ4n) is 2.21. The third-order valence-electron chi connectivity index (χ3n) is 3.34. The average molecular weight is 323 g/mol. The van der Waals surface area contributed by atoms with Crippen LogP contribution in [0, 0.1) is 5.92 Å². The van der Waals surface area contributed by atoms with Crippen molar-refractivity contribution < 1.29 is 17.9 Å². The molecule has 19 heavy (non-hydrogen) atoms. The number of esters is 1. The highest BCUT2D eigenvalue weighted by Gasteiger charge is 2.26. The number of halogens is 1. The van der Waals surface area contributed by atoms with E-state index in [1.165, 1.54) is 17.9 Å². The molecule has 1 aromatic rings. The smallest absolute Gasteiger partial charge is 0.339 e. The van der Waals surface area contributed by atoms with Crippen molar-refractivity contribution in [1.29, 1.82) is 0 Å². The van der Waals surface area contributed by atoms with E-state index in [9.17, 15) is 13.2 Å². The summed E-state index contributed by atoms with van der Waals surface area (Å²) in [7, 11) is 1.45. The molecule has 4 nitrogen and oxygen atoms in total. The van der Waals surface area contributed by atoms with Gasteiger partial charge in [0.15, 0.2) is 0 Å². The van der Waals surface area contributed by atoms with E-state index < -0.39 is 15.0 Å². The summed E-state index contributed by atoms with van der Waals surface area (Å²) in [5.41, 5.74) is 0.252. The van der Waals surface area contributed by atoms with Crippen molar-refractivity contribution >= 4 is 37.0 Å². The molecule has 1 aromatic heterocycles. The SMILES string of the molecule is CC1CCCCC1OC(=O)c1csc(S(=O)(=O)Cl)c1. The van der Waals surface area contributed by atoms with Gasteiger partial charge in [-0.1, -0.05) is 13.3 Å². The first kappa shape index (κ1) is 14.8. The van der Waals surface area contributed by atoms with Crippen LogP contribution in [-0.2, 0) is 13.8 Å². The second-order valence-corrected chi connectivity index (χ2v) is 8.50. The molecule has 1 heterocycles. The molecule has 2 rings (SSSR count). The van der Waals surface area contributed by atoms with Crippen LogP contribution in [0.1, 0.15) is 43.0 Å². The molecule has 7 heteroatoms. The van der Waals surface area contributed by atoms with E-state index in [1.807, 2.05) is 0 Å². The van der Waals surface area contributed by atoms with Gasteiger partial charge in [-0.05, 0) is 31.2 Å². The molecule has 1 aliphatic carbocycles. The van der Waals surface area contributed by atoms with Gasteiger partial charge in [-0.25, -0.2) is 13.2 Å². The quantitative estimate of drug-likeness (QED) is 0.632. The zero-order valence-corrected chi connectivity index (χ0v) is 12.9. The first-order chi connectivity index (χ1) is 8.88. The zero-order valence-electron chi connectivity index (χ0n) is 10.5. The Kier molecular flexibility index (Phi) is 4.53. The van der Waals surface area contributed by atoms with Crippen LogP contribution in [-0.4, -0.2) is 20.5 Å². The highest BCUT2D eigenvalue weighted by atomic mass is 35.7. The molecule has 0 aromatic carbocycles. The zero-order chi connectivity index (χ0) is 14.0. The summed E-state index contributed by atoms with van der Waals surface area (Å²) in [5, 5.41) is 1.46. The van der Waals surface area contributed by atoms with Crippen molar-refractivity contribution in [3.63, 3.8) is 0 Å². The van der Waals surface area contributed by atoms with Crippen LogP contribution in [0.3, 0.4) is 0 Å². The van der Waals surface area contributed by atoms with Crippen molar-refractivity contribution in [1.82, 2.24) is 0 Å². The molecule has 0 N–H and O–H groups in total. The minimum atomic E-state index is -3.78. The normalized spacial score (nSPS) is 24.1. The largest absolute Gasteiger partial charge is 0.458 e. The molecule has 0 saturated heterocycles. The van der Waals surface area contributed by atoms with Crippen LogP contribution >= 0.6 is 22.0 Å². The van der Waals surface area contributed by atoms with E-state index in [2.05, 4.69) is 6.92 Å². The summed E-state index contributed by atoms with van der Waals surface area (Å²) in [5.74, 6) is -0.117. The molecule has 1 fully saturated rings. The number of hydrogen-bond acceptors (Lipinski definition) is 5. The van der Waals surface area contributed by atoms with Crippen molar-refractivity contribution in [2.24, 2.45) is 5.92 Å². The van der Waals surface area contributed by atoms with Crippen molar-refractivity contribution in [3.8, 4) is 0 Å². The van der Waals surface area contributed by atoms with E-state index in [4.69, 9.17) is 15.4 Å². The molecule has 1 saturated carbocycles. The summed E-state index contributed by atoms with van der Waals surface area (Å²) >= 11 is 0.927. The van der Waals surface area contributed by atoms with Gasteiger partial charge in [0.05, 0.1) is 5.56 Å². The topological polar surface area (TPSA) is 60.4 Å². The number of hydrogen-bond donors (Lipinski definition) is 0. The van der Waals surface area contributed by atoms with Gasteiger partial charge < -0.3 is 4.74 Å². The summed E-state index contributed by atoms with van der Waals surface area (Å²) in [6.07, 6.45) is 4.09. The van der Waals surface area contributed by atoms with Gasteiger partial charge in [0, 0.05) is 16.1 Å². The molecule has 0 spiro atoms. The number of ether oxygens (including phenoxy) is 1. The molecule has 2 atom stereocenters. The Bertz CT molecular complexity index is 564. The predicted molar refractivity (Wildman–Crippen MR) is 74.2 cm³/mol. The lowest BCUT2D eigenvalue weighted by Crippen LogP contribution is -2.28. The van der Waals surface area contributed by atoms with Gasteiger partial charge >= 0.3 is 5.97 Å². The van der Waals surface area contributed by atoms with E-state index >= 15 is 0 Å². The van der Waals surface area contributed by atoms with Crippen LogP contribution in [0.4, 0.5) is 0 Å². The number of carbonyl (C=O) groups is 1. The maximum absolute atomic E-state index is 11.9. The molecule has 0 bridgehead atoms. The average Bonchev–Trinajstić information content (AvgIpc) is 2.81. The van der Waals surface area contributed by atoms with E-state index in [1.54, 1.807) is 0 Å². The minimum Gasteiger partial charge on any atom is -0.458 e. The third-order valence-corrected chi connectivity index (χ3v) is 6.38. The van der Waals surface area contributed by atoms with E-state index in [0.717, 1.165) is 30.6 Å². The number of thiophene rings is 1. The molecular weight excluding hydrogens is 308 g/mol. The fraction of sp³-hybridized carbons (Fsp3) is 0.583. The van der Waals surface area contributed by atoms with Crippen molar-refractivity contribution in [2.45, 2.75) is 42.9 Å². The Morgan fingerprint density at radius 1 is 1.42 bits per heavy atom. The van der Waals surface area contributed by atoms with E-state index in [-0.39, 0.29) is 15.9 Å². The lowest BCUT2D eigenvalue weighted by molar-refractivity contribution is 0.00486. The Morgan fingerprint density at radius 3 is 2.68 bits per heavy atom. The molecule has 106 valence electrons. The van der Waals surface area contributed by atoms with Gasteiger partial charge in [0.2, 0.25) is 0 Å². The maximum atomic E-state index is 11.9. The van der Waals surface area contributed by atoms with Crippen molar-refractivity contribution in [2.75, 3.05) is 0 Å². The minimum absolute atomic E-state index is 0.0298. The van der Waals surface area contributed by atoms with Crippen LogP contribution in [0.2, 0.25) is 0 Å². The van der Waals surface area contributed by atoms with Crippen molar-refractivity contribution in [3.05, 3.63) is 17.0 Å². The van der Waals surface area contributed by atoms with Gasteiger partial charge in [0.1, 0.15) is 10.3 Å². The van der Waals surface area contributed by atoms with Gasteiger partial charge in [-0.2, -0.15) is 0 Å². The predicted octanol–water partition coefficient (Wildman–Crippen LogP) is 3.41. The fourth-order valence-corrected chi connectivity index (χ4v) is 4.15. The van der Waals surface area contributed by atoms with E-state index in [0.29, 0.717) is 5.92 Å². The molecule has 1 aliphatic rings. The Balaban J connectivity index is 2.06. The maximum Gasteiger partial charge on any atom is 0.339 e.